The molecule has 0 bridgehead atoms. The minimum absolute atomic E-state index is 0.0206. The van der Waals surface area contributed by atoms with Crippen LogP contribution in [0.25, 0.3) is 0 Å². The fourth-order valence-corrected chi connectivity index (χ4v) is 6.44. The van der Waals surface area contributed by atoms with Crippen LogP contribution in [0.2, 0.25) is 0 Å². The highest BCUT2D eigenvalue weighted by atomic mass is 127. The molecule has 42 heavy (non-hydrogen) atoms. The molecular formula is C32H37FIN5O3. The predicted molar refractivity (Wildman–Crippen MR) is 168 cm³/mol. The van der Waals surface area contributed by atoms with Gasteiger partial charge >= 0.3 is 0 Å². The molecule has 10 heteroatoms. The Morgan fingerprint density at radius 1 is 1.05 bits per heavy atom. The number of likely N-dealkylation sites (tertiary alicyclic amines) is 1. The van der Waals surface area contributed by atoms with E-state index in [0.717, 1.165) is 39.0 Å². The van der Waals surface area contributed by atoms with E-state index in [9.17, 15) is 14.0 Å². The second-order valence-electron chi connectivity index (χ2n) is 11.9. The van der Waals surface area contributed by atoms with Crippen LogP contribution in [-0.2, 0) is 11.2 Å². The Balaban J connectivity index is 1.25. The van der Waals surface area contributed by atoms with Crippen molar-refractivity contribution in [2.24, 2.45) is 5.41 Å². The molecule has 0 aliphatic carbocycles. The van der Waals surface area contributed by atoms with E-state index in [-0.39, 0.29) is 40.6 Å². The first-order chi connectivity index (χ1) is 20.0. The standard InChI is InChI=1S/C32H37FIN5O3/c1-21(2)39(22(3)4)31(41)26-15-24(33)8-11-27(26)42-28-16-35-20-36-30(28)38-18-32(19-38)13-14-37(17-32)29(40)12-7-23-5-9-25(34)10-6-23/h5-6,8-11,15-16,20-22H,7,12-14,17-19H2,1-4H3. The van der Waals surface area contributed by atoms with Crippen LogP contribution in [0.5, 0.6) is 11.5 Å². The van der Waals surface area contributed by atoms with E-state index in [1.54, 1.807) is 11.1 Å². The zero-order chi connectivity index (χ0) is 30.0. The Bertz CT molecular complexity index is 1430. The number of hydrogen-bond donors (Lipinski definition) is 0. The summed E-state index contributed by atoms with van der Waals surface area (Å²) in [6.07, 6.45) is 5.23. The van der Waals surface area contributed by atoms with Crippen LogP contribution in [0.3, 0.4) is 0 Å². The second kappa shape index (κ2) is 12.5. The monoisotopic (exact) mass is 685 g/mol. The van der Waals surface area contributed by atoms with Crippen LogP contribution in [0.15, 0.2) is 55.0 Å². The van der Waals surface area contributed by atoms with Gasteiger partial charge in [0.05, 0.1) is 11.8 Å². The number of benzene rings is 2. The molecule has 2 aliphatic rings. The molecule has 0 radical (unpaired) electrons. The minimum atomic E-state index is -0.508. The zero-order valence-electron chi connectivity index (χ0n) is 24.5. The fraction of sp³-hybridized carbons (Fsp3) is 0.438. The van der Waals surface area contributed by atoms with Gasteiger partial charge in [-0.1, -0.05) is 12.1 Å². The normalized spacial score (nSPS) is 15.8. The molecule has 2 aliphatic heterocycles. The quantitative estimate of drug-likeness (QED) is 0.260. The van der Waals surface area contributed by atoms with Crippen LogP contribution in [0.1, 0.15) is 56.5 Å². The number of rotatable bonds is 9. The molecule has 3 heterocycles. The van der Waals surface area contributed by atoms with E-state index in [1.807, 2.05) is 32.6 Å². The summed E-state index contributed by atoms with van der Waals surface area (Å²) >= 11 is 2.28. The fourth-order valence-electron chi connectivity index (χ4n) is 6.08. The predicted octanol–water partition coefficient (Wildman–Crippen LogP) is 5.94. The number of hydrogen-bond acceptors (Lipinski definition) is 6. The molecule has 222 valence electrons. The van der Waals surface area contributed by atoms with Crippen molar-refractivity contribution in [3.63, 3.8) is 0 Å². The summed E-state index contributed by atoms with van der Waals surface area (Å²) < 4.78 is 21.7. The van der Waals surface area contributed by atoms with Crippen molar-refractivity contribution in [3.8, 4) is 11.5 Å². The number of ether oxygens (including phenoxy) is 1. The highest BCUT2D eigenvalue weighted by molar-refractivity contribution is 14.1. The third-order valence-corrected chi connectivity index (χ3v) is 8.80. The second-order valence-corrected chi connectivity index (χ2v) is 13.1. The van der Waals surface area contributed by atoms with E-state index in [4.69, 9.17) is 4.74 Å². The first-order valence-corrected chi connectivity index (χ1v) is 15.5. The van der Waals surface area contributed by atoms with Gasteiger partial charge in [-0.3, -0.25) is 9.59 Å². The van der Waals surface area contributed by atoms with Crippen LogP contribution in [-0.4, -0.2) is 69.8 Å². The third kappa shape index (κ3) is 6.53. The van der Waals surface area contributed by atoms with E-state index in [2.05, 4.69) is 61.7 Å². The van der Waals surface area contributed by atoms with E-state index < -0.39 is 5.82 Å². The number of carbonyl (C=O) groups excluding carboxylic acids is 2. The number of aryl methyl sites for hydroxylation is 1. The molecule has 0 atom stereocenters. The molecular weight excluding hydrogens is 648 g/mol. The molecule has 2 saturated heterocycles. The van der Waals surface area contributed by atoms with Gasteiger partial charge in [0.15, 0.2) is 11.6 Å². The Labute approximate surface area is 260 Å². The first-order valence-electron chi connectivity index (χ1n) is 14.4. The Hall–Kier alpha value is -3.28. The number of amides is 2. The number of carbonyl (C=O) groups is 2. The highest BCUT2D eigenvalue weighted by Gasteiger charge is 2.49. The van der Waals surface area contributed by atoms with E-state index in [1.165, 1.54) is 33.7 Å². The summed E-state index contributed by atoms with van der Waals surface area (Å²) in [7, 11) is 0. The maximum atomic E-state index is 14.3. The van der Waals surface area contributed by atoms with Gasteiger partial charge in [0, 0.05) is 53.7 Å². The molecule has 2 fully saturated rings. The average Bonchev–Trinajstić information content (AvgIpc) is 3.39. The van der Waals surface area contributed by atoms with Crippen LogP contribution in [0, 0.1) is 14.8 Å². The van der Waals surface area contributed by atoms with Crippen molar-refractivity contribution in [1.29, 1.82) is 0 Å². The summed E-state index contributed by atoms with van der Waals surface area (Å²) in [5, 5.41) is 0. The maximum absolute atomic E-state index is 14.3. The molecule has 1 aromatic heterocycles. The van der Waals surface area contributed by atoms with Gasteiger partial charge in [-0.2, -0.15) is 0 Å². The van der Waals surface area contributed by atoms with Crippen molar-refractivity contribution in [1.82, 2.24) is 19.8 Å². The van der Waals surface area contributed by atoms with Gasteiger partial charge in [-0.05, 0) is 99.0 Å². The van der Waals surface area contributed by atoms with Gasteiger partial charge in [-0.15, -0.1) is 0 Å². The Morgan fingerprint density at radius 3 is 2.45 bits per heavy atom. The number of aromatic nitrogens is 2. The third-order valence-electron chi connectivity index (χ3n) is 8.08. The summed E-state index contributed by atoms with van der Waals surface area (Å²) in [6, 6.07) is 12.2. The van der Waals surface area contributed by atoms with Gasteiger partial charge < -0.3 is 19.4 Å². The van der Waals surface area contributed by atoms with Crippen molar-refractivity contribution >= 4 is 40.2 Å². The van der Waals surface area contributed by atoms with Crippen LogP contribution < -0.4 is 9.64 Å². The lowest BCUT2D eigenvalue weighted by atomic mass is 9.79. The Kier molecular flexibility index (Phi) is 9.00. The molecule has 5 rings (SSSR count). The van der Waals surface area contributed by atoms with Gasteiger partial charge in [0.2, 0.25) is 5.91 Å². The topological polar surface area (TPSA) is 78.9 Å². The summed E-state index contributed by atoms with van der Waals surface area (Å²) in [5.74, 6) is 0.661. The molecule has 3 aromatic rings. The van der Waals surface area contributed by atoms with Crippen molar-refractivity contribution in [3.05, 3.63) is 75.5 Å². The van der Waals surface area contributed by atoms with Gasteiger partial charge in [-0.25, -0.2) is 14.4 Å². The van der Waals surface area contributed by atoms with Gasteiger partial charge in [0.25, 0.3) is 5.91 Å². The average molecular weight is 686 g/mol. The molecule has 8 nitrogen and oxygen atoms in total. The minimum Gasteiger partial charge on any atom is -0.451 e. The highest BCUT2D eigenvalue weighted by Crippen LogP contribution is 2.44. The van der Waals surface area contributed by atoms with Crippen molar-refractivity contribution in [2.45, 2.75) is 59.0 Å². The number of anilines is 1. The molecule has 0 unspecified atom stereocenters. The molecule has 0 saturated carbocycles. The lowest BCUT2D eigenvalue weighted by Crippen LogP contribution is -2.58. The maximum Gasteiger partial charge on any atom is 0.258 e. The van der Waals surface area contributed by atoms with Crippen LogP contribution in [0.4, 0.5) is 10.2 Å². The van der Waals surface area contributed by atoms with Crippen molar-refractivity contribution in [2.75, 3.05) is 31.1 Å². The lowest BCUT2D eigenvalue weighted by Gasteiger charge is -2.48. The molecule has 2 amide bonds. The summed E-state index contributed by atoms with van der Waals surface area (Å²) in [5.41, 5.74) is 1.35. The molecule has 1 spiro atoms. The largest absolute Gasteiger partial charge is 0.451 e. The first kappa shape index (κ1) is 30.2. The van der Waals surface area contributed by atoms with Crippen LogP contribution >= 0.6 is 22.6 Å². The van der Waals surface area contributed by atoms with Gasteiger partial charge in [0.1, 0.15) is 17.9 Å². The lowest BCUT2D eigenvalue weighted by molar-refractivity contribution is -0.130. The number of halogens is 2. The Morgan fingerprint density at radius 2 is 1.76 bits per heavy atom. The SMILES string of the molecule is CC(C)N(C(=O)c1cc(F)ccc1Oc1cncnc1N1CC2(CCN(C(=O)CCc3ccc(I)cc3)C2)C1)C(C)C. The smallest absolute Gasteiger partial charge is 0.258 e. The zero-order valence-corrected chi connectivity index (χ0v) is 26.7. The molecule has 0 N–H and O–H groups in total. The van der Waals surface area contributed by atoms with Crippen molar-refractivity contribution < 1.29 is 18.7 Å². The summed E-state index contributed by atoms with van der Waals surface area (Å²) in [4.78, 5) is 40.9. The summed E-state index contributed by atoms with van der Waals surface area (Å²) in [6.45, 7) is 10.7. The van der Waals surface area contributed by atoms with E-state index in [0.29, 0.717) is 18.0 Å². The number of nitrogens with zero attached hydrogens (tertiary/aromatic N) is 5. The molecule has 2 aromatic carbocycles. The van der Waals surface area contributed by atoms with E-state index >= 15 is 0 Å².